The summed E-state index contributed by atoms with van der Waals surface area (Å²) in [6.07, 6.45) is 0. The van der Waals surface area contributed by atoms with Gasteiger partial charge in [0.15, 0.2) is 0 Å². The van der Waals surface area contributed by atoms with Gasteiger partial charge in [-0.2, -0.15) is 5.26 Å². The summed E-state index contributed by atoms with van der Waals surface area (Å²) >= 11 is 0. The number of benzene rings is 1. The van der Waals surface area contributed by atoms with Crippen molar-refractivity contribution >= 4 is 0 Å². The van der Waals surface area contributed by atoms with E-state index in [0.29, 0.717) is 18.7 Å². The van der Waals surface area contributed by atoms with Gasteiger partial charge in [-0.25, -0.2) is 4.39 Å². The van der Waals surface area contributed by atoms with Crippen molar-refractivity contribution in [3.8, 4) is 6.07 Å². The number of aliphatic hydroxyl groups is 1. The third-order valence-corrected chi connectivity index (χ3v) is 2.55. The molecule has 0 aliphatic heterocycles. The maximum absolute atomic E-state index is 13.3. The van der Waals surface area contributed by atoms with Gasteiger partial charge in [-0.1, -0.05) is 6.92 Å². The molecule has 0 aliphatic rings. The van der Waals surface area contributed by atoms with E-state index in [-0.39, 0.29) is 0 Å². The van der Waals surface area contributed by atoms with E-state index in [0.717, 1.165) is 12.1 Å². The van der Waals surface area contributed by atoms with Gasteiger partial charge in [0.25, 0.3) is 0 Å². The summed E-state index contributed by atoms with van der Waals surface area (Å²) in [4.78, 5) is 2.01. The molecule has 98 valence electrons. The monoisotopic (exact) mass is 250 g/mol. The summed E-state index contributed by atoms with van der Waals surface area (Å²) in [5.74, 6) is -0.400. The topological polar surface area (TPSA) is 47.3 Å². The average molecular weight is 250 g/mol. The number of rotatable bonds is 5. The van der Waals surface area contributed by atoms with E-state index >= 15 is 0 Å². The minimum Gasteiger partial charge on any atom is -0.389 e. The molecule has 1 N–H and O–H groups in total. The van der Waals surface area contributed by atoms with Crippen molar-refractivity contribution in [2.45, 2.75) is 32.9 Å². The molecule has 0 amide bonds. The van der Waals surface area contributed by atoms with Crippen LogP contribution in [0.4, 0.5) is 4.39 Å². The van der Waals surface area contributed by atoms with Crippen LogP contribution in [0.5, 0.6) is 0 Å². The fourth-order valence-corrected chi connectivity index (χ4v) is 1.89. The molecule has 0 bridgehead atoms. The van der Waals surface area contributed by atoms with Crippen LogP contribution in [0.15, 0.2) is 18.2 Å². The largest absolute Gasteiger partial charge is 0.389 e. The van der Waals surface area contributed by atoms with Gasteiger partial charge in [0, 0.05) is 13.1 Å². The van der Waals surface area contributed by atoms with Gasteiger partial charge in [-0.05, 0) is 44.2 Å². The molecule has 3 nitrogen and oxygen atoms in total. The van der Waals surface area contributed by atoms with E-state index in [1.54, 1.807) is 19.9 Å². The maximum Gasteiger partial charge on any atom is 0.124 e. The highest BCUT2D eigenvalue weighted by atomic mass is 19.1. The van der Waals surface area contributed by atoms with Crippen LogP contribution in [-0.2, 0) is 6.54 Å². The van der Waals surface area contributed by atoms with Crippen molar-refractivity contribution in [3.05, 3.63) is 35.1 Å². The highest BCUT2D eigenvalue weighted by molar-refractivity contribution is 5.33. The van der Waals surface area contributed by atoms with Crippen molar-refractivity contribution in [2.75, 3.05) is 13.1 Å². The lowest BCUT2D eigenvalue weighted by Crippen LogP contribution is -2.38. The normalized spacial score (nSPS) is 11.6. The summed E-state index contributed by atoms with van der Waals surface area (Å²) in [6.45, 7) is 7.23. The summed E-state index contributed by atoms with van der Waals surface area (Å²) in [6, 6.07) is 6.26. The minimum absolute atomic E-state index is 0.323. The zero-order chi connectivity index (χ0) is 13.8. The Balaban J connectivity index is 2.82. The van der Waals surface area contributed by atoms with Crippen molar-refractivity contribution in [2.24, 2.45) is 0 Å². The highest BCUT2D eigenvalue weighted by Gasteiger charge is 2.17. The molecule has 0 aromatic heterocycles. The number of likely N-dealkylation sites (N-methyl/N-ethyl adjacent to an activating group) is 1. The number of hydrogen-bond donors (Lipinski definition) is 1. The number of nitrogens with zero attached hydrogens (tertiary/aromatic N) is 2. The van der Waals surface area contributed by atoms with Crippen molar-refractivity contribution in [1.29, 1.82) is 5.26 Å². The average Bonchev–Trinajstić information content (AvgIpc) is 2.25. The van der Waals surface area contributed by atoms with Gasteiger partial charge >= 0.3 is 0 Å². The molecule has 1 aromatic rings. The lowest BCUT2D eigenvalue weighted by Gasteiger charge is -2.28. The van der Waals surface area contributed by atoms with Gasteiger partial charge in [-0.15, -0.1) is 0 Å². The van der Waals surface area contributed by atoms with Gasteiger partial charge in [0.1, 0.15) is 5.82 Å². The van der Waals surface area contributed by atoms with E-state index in [4.69, 9.17) is 5.26 Å². The van der Waals surface area contributed by atoms with Crippen LogP contribution in [0.25, 0.3) is 0 Å². The molecule has 1 aromatic carbocycles. The van der Waals surface area contributed by atoms with Gasteiger partial charge in [0.2, 0.25) is 0 Å². The third kappa shape index (κ3) is 4.82. The SMILES string of the molecule is CCN(Cc1cc(F)cc(C#N)c1)CC(C)(C)O. The van der Waals surface area contributed by atoms with E-state index in [2.05, 4.69) is 0 Å². The lowest BCUT2D eigenvalue weighted by molar-refractivity contribution is 0.0353. The van der Waals surface area contributed by atoms with Gasteiger partial charge in [0.05, 0.1) is 17.2 Å². The first-order chi connectivity index (χ1) is 8.34. The Bertz CT molecular complexity index is 446. The smallest absolute Gasteiger partial charge is 0.124 e. The van der Waals surface area contributed by atoms with Crippen LogP contribution >= 0.6 is 0 Å². The molecule has 0 atom stereocenters. The first-order valence-electron chi connectivity index (χ1n) is 5.98. The van der Waals surface area contributed by atoms with E-state index < -0.39 is 11.4 Å². The van der Waals surface area contributed by atoms with E-state index in [9.17, 15) is 9.50 Å². The first kappa shape index (κ1) is 14.6. The van der Waals surface area contributed by atoms with Gasteiger partial charge < -0.3 is 5.11 Å². The zero-order valence-electron chi connectivity index (χ0n) is 11.1. The molecule has 0 saturated carbocycles. The molecule has 4 heteroatoms. The second kappa shape index (κ2) is 5.94. The fourth-order valence-electron chi connectivity index (χ4n) is 1.89. The van der Waals surface area contributed by atoms with Crippen molar-refractivity contribution in [3.63, 3.8) is 0 Å². The third-order valence-electron chi connectivity index (χ3n) is 2.55. The number of nitriles is 1. The highest BCUT2D eigenvalue weighted by Crippen LogP contribution is 2.13. The Hall–Kier alpha value is -1.44. The summed E-state index contributed by atoms with van der Waals surface area (Å²) in [5.41, 5.74) is 0.281. The number of halogens is 1. The Labute approximate surface area is 107 Å². The van der Waals surface area contributed by atoms with Crippen LogP contribution in [0.1, 0.15) is 31.9 Å². The van der Waals surface area contributed by atoms with Crippen molar-refractivity contribution in [1.82, 2.24) is 4.90 Å². The first-order valence-corrected chi connectivity index (χ1v) is 5.98. The maximum atomic E-state index is 13.3. The molecule has 0 spiro atoms. The fraction of sp³-hybridized carbons (Fsp3) is 0.500. The molecule has 0 heterocycles. The van der Waals surface area contributed by atoms with Crippen molar-refractivity contribution < 1.29 is 9.50 Å². The molecule has 0 unspecified atom stereocenters. The van der Waals surface area contributed by atoms with Crippen LogP contribution in [0, 0.1) is 17.1 Å². The Kier molecular flexibility index (Phi) is 4.83. The Morgan fingerprint density at radius 3 is 2.56 bits per heavy atom. The zero-order valence-corrected chi connectivity index (χ0v) is 11.1. The molecule has 0 saturated heterocycles. The molecule has 1 rings (SSSR count). The van der Waals surface area contributed by atoms with Crippen LogP contribution in [0.3, 0.4) is 0 Å². The van der Waals surface area contributed by atoms with E-state index in [1.165, 1.54) is 12.1 Å². The second-order valence-electron chi connectivity index (χ2n) is 5.08. The molecular weight excluding hydrogens is 231 g/mol. The van der Waals surface area contributed by atoms with Crippen LogP contribution in [-0.4, -0.2) is 28.7 Å². The predicted molar refractivity (Wildman–Crippen MR) is 68.4 cm³/mol. The molecular formula is C14H19FN2O. The molecule has 0 fully saturated rings. The predicted octanol–water partition coefficient (Wildman–Crippen LogP) is 2.29. The van der Waals surface area contributed by atoms with E-state index in [1.807, 2.05) is 17.9 Å². The quantitative estimate of drug-likeness (QED) is 0.872. The summed E-state index contributed by atoms with van der Waals surface area (Å²) < 4.78 is 13.3. The molecule has 0 radical (unpaired) electrons. The Morgan fingerprint density at radius 2 is 2.06 bits per heavy atom. The number of hydrogen-bond acceptors (Lipinski definition) is 3. The Morgan fingerprint density at radius 1 is 1.39 bits per heavy atom. The minimum atomic E-state index is -0.790. The standard InChI is InChI=1S/C14H19FN2O/c1-4-17(10-14(2,3)18)9-12-5-11(8-16)6-13(15)7-12/h5-7,18H,4,9-10H2,1-3H3. The van der Waals surface area contributed by atoms with Crippen LogP contribution in [0.2, 0.25) is 0 Å². The second-order valence-corrected chi connectivity index (χ2v) is 5.08. The molecule has 18 heavy (non-hydrogen) atoms. The summed E-state index contributed by atoms with van der Waals surface area (Å²) in [7, 11) is 0. The van der Waals surface area contributed by atoms with Gasteiger partial charge in [-0.3, -0.25) is 4.90 Å². The summed E-state index contributed by atoms with van der Waals surface area (Å²) in [5, 5.41) is 18.6. The molecule has 0 aliphatic carbocycles. The van der Waals surface area contributed by atoms with Crippen LogP contribution < -0.4 is 0 Å². The lowest BCUT2D eigenvalue weighted by atomic mass is 10.1.